The average molecular weight is 341 g/mol. The molecule has 5 heteroatoms. The van der Waals surface area contributed by atoms with Gasteiger partial charge in [0.05, 0.1) is 7.06 Å². The van der Waals surface area contributed by atoms with Gasteiger partial charge in [-0.2, -0.15) is 0 Å². The summed E-state index contributed by atoms with van der Waals surface area (Å²) in [4.78, 5) is 17.1. The number of carbonyl (C=O) groups excluding carboxylic acids is 1. The van der Waals surface area contributed by atoms with Crippen molar-refractivity contribution in [3.63, 3.8) is 0 Å². The predicted molar refractivity (Wildman–Crippen MR) is 94.2 cm³/mol. The van der Waals surface area contributed by atoms with Crippen molar-refractivity contribution in [3.8, 4) is 0 Å². The number of rotatable bonds is 2. The molecule has 1 fully saturated rings. The fraction of sp³-hybridized carbons (Fsp3) is 0.579. The van der Waals surface area contributed by atoms with Crippen LogP contribution in [-0.4, -0.2) is 38.5 Å². The topological polar surface area (TPSA) is 46.8 Å². The number of fused-ring (bicyclic) bond motifs is 1. The summed E-state index contributed by atoms with van der Waals surface area (Å²) in [5.41, 5.74) is -1.03. The van der Waals surface area contributed by atoms with Crippen molar-refractivity contribution >= 4 is 11.7 Å². The minimum atomic E-state index is -3.81. The van der Waals surface area contributed by atoms with Crippen molar-refractivity contribution in [1.29, 1.82) is 0 Å². The van der Waals surface area contributed by atoms with Crippen LogP contribution in [0.2, 0.25) is 0 Å². The zero-order valence-electron chi connectivity index (χ0n) is 25.0. The molecule has 0 aliphatic carbocycles. The van der Waals surface area contributed by atoms with Gasteiger partial charge in [0.25, 0.3) is 0 Å². The fourth-order valence-electron chi connectivity index (χ4n) is 2.15. The molecule has 1 saturated heterocycles. The molecule has 24 heavy (non-hydrogen) atoms. The van der Waals surface area contributed by atoms with Crippen LogP contribution in [0.1, 0.15) is 66.2 Å². The number of aryl methyl sites for hydroxylation is 1. The molecule has 130 valence electrons. The van der Waals surface area contributed by atoms with E-state index in [-0.39, 0.29) is 10.5 Å². The molecule has 1 aliphatic rings. The number of likely N-dealkylation sites (tertiary alicyclic amines) is 1. The molecule has 2 aromatic heterocycles. The Balaban J connectivity index is 2.40. The molecule has 3 rings (SSSR count). The standard InChI is InChI=1S/C19H27N3O2/c1-14-8-7-10-21-13-15(20-17(14)21)12-16-9-5-6-11-22(16)18(23)24-19(2,3)4/h7-8,10,13,16H,5-6,9,11-12H2,1-4H3/t16-/m0/s1/i5D2,6D2,9D2,11D2,12D2,16D. The Bertz CT molecular complexity index is 1170. The van der Waals surface area contributed by atoms with Crippen molar-refractivity contribution in [1.82, 2.24) is 14.3 Å². The number of imidazole rings is 1. The number of carbonyl (C=O) groups is 1. The maximum Gasteiger partial charge on any atom is 0.410 e. The first-order chi connectivity index (χ1) is 15.5. The second kappa shape index (κ2) is 6.46. The lowest BCUT2D eigenvalue weighted by atomic mass is 9.98. The molecule has 5 nitrogen and oxygen atoms in total. The summed E-state index contributed by atoms with van der Waals surface area (Å²) >= 11 is 0. The molecule has 0 unspecified atom stereocenters. The van der Waals surface area contributed by atoms with Crippen LogP contribution in [0.5, 0.6) is 0 Å². The van der Waals surface area contributed by atoms with Gasteiger partial charge in [-0.15, -0.1) is 0 Å². The minimum absolute atomic E-state index is 0.247. The van der Waals surface area contributed by atoms with E-state index < -0.39 is 55.4 Å². The molecule has 1 atom stereocenters. The highest BCUT2D eigenvalue weighted by atomic mass is 16.6. The van der Waals surface area contributed by atoms with Crippen LogP contribution in [0.3, 0.4) is 0 Å². The minimum Gasteiger partial charge on any atom is -0.444 e. The van der Waals surface area contributed by atoms with E-state index in [4.69, 9.17) is 19.8 Å². The predicted octanol–water partition coefficient (Wildman–Crippen LogP) is 3.97. The molecule has 1 amide bonds. The van der Waals surface area contributed by atoms with E-state index >= 15 is 0 Å². The van der Waals surface area contributed by atoms with Gasteiger partial charge in [-0.1, -0.05) is 6.07 Å². The smallest absolute Gasteiger partial charge is 0.410 e. The van der Waals surface area contributed by atoms with E-state index in [0.29, 0.717) is 5.56 Å². The number of hydrogen-bond acceptors (Lipinski definition) is 3. The van der Waals surface area contributed by atoms with Gasteiger partial charge in [-0.05, 0) is 58.4 Å². The highest BCUT2D eigenvalue weighted by Crippen LogP contribution is 2.23. The van der Waals surface area contributed by atoms with Crippen molar-refractivity contribution in [2.24, 2.45) is 0 Å². The Morgan fingerprint density at radius 2 is 2.33 bits per heavy atom. The normalized spacial score (nSPS) is 37.7. The summed E-state index contributed by atoms with van der Waals surface area (Å²) in [6, 6.07) is -0.401. The molecule has 2 aromatic rings. The lowest BCUT2D eigenvalue weighted by Crippen LogP contribution is -2.47. The van der Waals surface area contributed by atoms with Crippen LogP contribution in [-0.2, 0) is 11.1 Å². The third-order valence-corrected chi connectivity index (χ3v) is 3.14. The van der Waals surface area contributed by atoms with Crippen LogP contribution in [0.25, 0.3) is 5.65 Å². The summed E-state index contributed by atoms with van der Waals surface area (Å²) in [7, 11) is 0. The van der Waals surface area contributed by atoms with Crippen molar-refractivity contribution < 1.29 is 24.6 Å². The number of amides is 1. The fourth-order valence-corrected chi connectivity index (χ4v) is 2.15. The van der Waals surface area contributed by atoms with E-state index in [1.807, 2.05) is 0 Å². The van der Waals surface area contributed by atoms with E-state index in [1.165, 1.54) is 31.4 Å². The van der Waals surface area contributed by atoms with E-state index in [0.717, 1.165) is 6.20 Å². The third-order valence-electron chi connectivity index (χ3n) is 3.14. The zero-order valence-corrected chi connectivity index (χ0v) is 14.0. The van der Waals surface area contributed by atoms with Gasteiger partial charge in [0.2, 0.25) is 0 Å². The lowest BCUT2D eigenvalue weighted by molar-refractivity contribution is 0.00986. The van der Waals surface area contributed by atoms with Crippen molar-refractivity contribution in [2.45, 2.75) is 64.8 Å². The van der Waals surface area contributed by atoms with Crippen molar-refractivity contribution in [3.05, 3.63) is 35.8 Å². The zero-order chi connectivity index (χ0) is 27.2. The SMILES string of the molecule is [2H]C1([2H])N(C(=O)OC(C)(C)C)[C@]([2H])(C([2H])([2H])c2cn3cccc(C)c3n2)C([2H])([2H])C([2H])([2H])C1([2H])[2H]. The highest BCUT2D eigenvalue weighted by molar-refractivity contribution is 5.68. The summed E-state index contributed by atoms with van der Waals surface area (Å²) in [6.07, 6.45) is -13.7. The second-order valence-electron chi connectivity index (χ2n) is 6.32. The molecule has 0 aromatic carbocycles. The van der Waals surface area contributed by atoms with Gasteiger partial charge in [-0.25, -0.2) is 9.78 Å². The highest BCUT2D eigenvalue weighted by Gasteiger charge is 2.31. The Labute approximate surface area is 159 Å². The molecule has 1 aliphatic heterocycles. The maximum absolute atomic E-state index is 13.2. The number of pyridine rings is 1. The summed E-state index contributed by atoms with van der Waals surface area (Å²) < 4.78 is 99.8. The van der Waals surface area contributed by atoms with Gasteiger partial charge in [0, 0.05) is 45.0 Å². The molecule has 0 bridgehead atoms. The summed E-state index contributed by atoms with van der Waals surface area (Å²) in [6.45, 7) is 2.17. The average Bonchev–Trinajstić information content (AvgIpc) is 3.11. The first kappa shape index (κ1) is 7.89. The molecule has 0 spiro atoms. The lowest BCUT2D eigenvalue weighted by Gasteiger charge is -2.36. The molecule has 0 saturated carbocycles. The number of piperidine rings is 1. The largest absolute Gasteiger partial charge is 0.444 e. The van der Waals surface area contributed by atoms with E-state index in [1.54, 1.807) is 19.1 Å². The van der Waals surface area contributed by atoms with Crippen LogP contribution in [0, 0.1) is 6.92 Å². The van der Waals surface area contributed by atoms with Gasteiger partial charge in [0.15, 0.2) is 0 Å². The maximum atomic E-state index is 13.2. The quantitative estimate of drug-likeness (QED) is 0.831. The summed E-state index contributed by atoms with van der Waals surface area (Å²) in [5.74, 6) is 0. The number of nitrogens with zero attached hydrogens (tertiary/aromatic N) is 3. The van der Waals surface area contributed by atoms with E-state index in [9.17, 15) is 4.79 Å². The molecular weight excluding hydrogens is 302 g/mol. The first-order valence-corrected chi connectivity index (χ1v) is 7.46. The molecule has 0 radical (unpaired) electrons. The van der Waals surface area contributed by atoms with Crippen LogP contribution in [0.4, 0.5) is 4.79 Å². The van der Waals surface area contributed by atoms with Gasteiger partial charge in [-0.3, -0.25) is 0 Å². The van der Waals surface area contributed by atoms with Crippen LogP contribution in [0.15, 0.2) is 24.5 Å². The first-order valence-electron chi connectivity index (χ1n) is 13.0. The number of aromatic nitrogens is 2. The monoisotopic (exact) mass is 340 g/mol. The Hall–Kier alpha value is -2.04. The third kappa shape index (κ3) is 3.71. The van der Waals surface area contributed by atoms with Gasteiger partial charge in [0.1, 0.15) is 11.2 Å². The second-order valence-corrected chi connectivity index (χ2v) is 6.32. The Morgan fingerprint density at radius 1 is 1.54 bits per heavy atom. The van der Waals surface area contributed by atoms with Crippen molar-refractivity contribution in [2.75, 3.05) is 6.50 Å². The van der Waals surface area contributed by atoms with Gasteiger partial charge >= 0.3 is 6.09 Å². The molecular formula is C19H27N3O2. The number of hydrogen-bond donors (Lipinski definition) is 0. The Morgan fingerprint density at radius 3 is 3.04 bits per heavy atom. The van der Waals surface area contributed by atoms with Crippen LogP contribution >= 0.6 is 0 Å². The van der Waals surface area contributed by atoms with Gasteiger partial charge < -0.3 is 14.0 Å². The molecule has 0 N–H and O–H groups in total. The van der Waals surface area contributed by atoms with E-state index in [2.05, 4.69) is 4.98 Å². The van der Waals surface area contributed by atoms with Crippen LogP contribution < -0.4 is 0 Å². The number of ether oxygens (including phenoxy) is 1. The molecule has 3 heterocycles. The summed E-state index contributed by atoms with van der Waals surface area (Å²) in [5, 5.41) is 0. The Kier molecular flexibility index (Phi) is 2.12.